The second kappa shape index (κ2) is 10.7. The molecule has 0 saturated carbocycles. The zero-order valence-electron chi connectivity index (χ0n) is 22.5. The highest BCUT2D eigenvalue weighted by Crippen LogP contribution is 2.43. The summed E-state index contributed by atoms with van der Waals surface area (Å²) in [7, 11) is 0. The predicted molar refractivity (Wildman–Crippen MR) is 154 cm³/mol. The highest BCUT2D eigenvalue weighted by Gasteiger charge is 2.27. The molecule has 4 aromatic heterocycles. The molecule has 2 aromatic carbocycles. The van der Waals surface area contributed by atoms with Gasteiger partial charge in [-0.15, -0.1) is 0 Å². The van der Waals surface area contributed by atoms with Gasteiger partial charge in [-0.3, -0.25) is 15.1 Å². The van der Waals surface area contributed by atoms with Crippen LogP contribution in [0.5, 0.6) is 0 Å². The average Bonchev–Trinajstić information content (AvgIpc) is 3.50. The molecule has 0 spiro atoms. The first-order chi connectivity index (χ1) is 21.2. The largest absolute Gasteiger partial charge is 0.478 e. The van der Waals surface area contributed by atoms with Crippen LogP contribution in [0.3, 0.4) is 0 Å². The van der Waals surface area contributed by atoms with E-state index in [0.29, 0.717) is 27.6 Å². The number of benzene rings is 2. The van der Waals surface area contributed by atoms with Gasteiger partial charge >= 0.3 is 23.5 Å². The summed E-state index contributed by atoms with van der Waals surface area (Å²) in [5.41, 5.74) is 0.0909. The molecule has 6 aromatic rings. The Labute approximate surface area is 246 Å². The molecule has 0 saturated heterocycles. The molecule has 13 nitrogen and oxygen atoms in total. The van der Waals surface area contributed by atoms with E-state index in [1.807, 2.05) is 0 Å². The summed E-state index contributed by atoms with van der Waals surface area (Å²) >= 11 is 0. The van der Waals surface area contributed by atoms with Gasteiger partial charge in [0.05, 0.1) is 28.7 Å². The number of carbonyl (C=O) groups is 3. The van der Waals surface area contributed by atoms with Crippen molar-refractivity contribution in [2.24, 2.45) is 0 Å². The Morgan fingerprint density at radius 3 is 2.34 bits per heavy atom. The van der Waals surface area contributed by atoms with E-state index in [4.69, 9.17) is 4.42 Å². The fraction of sp³-hybridized carbons (Fsp3) is 0.0323. The van der Waals surface area contributed by atoms with Crippen molar-refractivity contribution in [3.8, 4) is 44.9 Å². The lowest BCUT2D eigenvalue weighted by atomic mass is 9.88. The number of aromatic carboxylic acids is 3. The molecule has 0 aliphatic carbocycles. The summed E-state index contributed by atoms with van der Waals surface area (Å²) in [6.45, 7) is 1.63. The maximum Gasteiger partial charge on any atom is 0.356 e. The minimum Gasteiger partial charge on any atom is -0.478 e. The third kappa shape index (κ3) is 4.54. The Balaban J connectivity index is 1.76. The fourth-order valence-corrected chi connectivity index (χ4v) is 5.07. The van der Waals surface area contributed by atoms with Gasteiger partial charge in [0, 0.05) is 40.7 Å². The molecular formula is C31H18N5O8. The number of carboxylic acids is 3. The summed E-state index contributed by atoms with van der Waals surface area (Å²) in [4.78, 5) is 61.7. The molecule has 0 atom stereocenters. The molecule has 0 aliphatic heterocycles. The summed E-state index contributed by atoms with van der Waals surface area (Å²) in [6, 6.07) is 14.7. The fourth-order valence-electron chi connectivity index (χ4n) is 5.07. The van der Waals surface area contributed by atoms with Crippen molar-refractivity contribution >= 4 is 28.9 Å². The van der Waals surface area contributed by atoms with Gasteiger partial charge in [-0.25, -0.2) is 24.2 Å². The van der Waals surface area contributed by atoms with Crippen LogP contribution in [0.25, 0.3) is 55.9 Å². The molecule has 0 aliphatic rings. The first-order valence-electron chi connectivity index (χ1n) is 12.8. The van der Waals surface area contributed by atoms with Crippen molar-refractivity contribution in [1.82, 2.24) is 25.1 Å². The Bertz CT molecular complexity index is 2210. The van der Waals surface area contributed by atoms with Crippen molar-refractivity contribution in [1.29, 1.82) is 0 Å². The standard InChI is InChI=1S/C31H18N5O8/c1-14-21-20(44-31(43)22(14)25-19(29(39)40)13-35-36-25)8-7-17(23(21)15-5-3-2-4-6-15)24-18(11-16(12-34-24)28(37)38)26-27(30(41)42)33-10-9-32-26/h2-6,8-13H,1H3,(H,35,36)(H,37,38)(H,39,40)(H,41,42). The van der Waals surface area contributed by atoms with Crippen LogP contribution in [-0.4, -0.2) is 58.4 Å². The molecule has 6 rings (SSSR count). The number of aromatic nitrogens is 5. The lowest BCUT2D eigenvalue weighted by Gasteiger charge is -2.18. The van der Waals surface area contributed by atoms with Gasteiger partial charge in [0.15, 0.2) is 5.69 Å². The molecule has 0 bridgehead atoms. The third-order valence-electron chi connectivity index (χ3n) is 6.96. The Morgan fingerprint density at radius 1 is 0.886 bits per heavy atom. The first-order valence-corrected chi connectivity index (χ1v) is 12.8. The number of carboxylic acid groups (broad SMARTS) is 3. The summed E-state index contributed by atoms with van der Waals surface area (Å²) in [6.07, 6.45) is 4.69. The van der Waals surface area contributed by atoms with Gasteiger partial charge in [0.25, 0.3) is 0 Å². The van der Waals surface area contributed by atoms with Crippen LogP contribution in [0.15, 0.2) is 76.5 Å². The lowest BCUT2D eigenvalue weighted by Crippen LogP contribution is -2.10. The number of H-pyrrole nitrogens is 1. The van der Waals surface area contributed by atoms with Gasteiger partial charge in [0.1, 0.15) is 16.8 Å². The number of nitrogens with one attached hydrogen (secondary N) is 1. The quantitative estimate of drug-likeness (QED) is 0.189. The number of aryl methyl sites for hydroxylation is 1. The molecule has 0 fully saturated rings. The number of pyridine rings is 1. The normalized spacial score (nSPS) is 11.0. The van der Waals surface area contributed by atoms with Crippen LogP contribution < -0.4 is 5.63 Å². The van der Waals surface area contributed by atoms with Crippen molar-refractivity contribution in [2.45, 2.75) is 6.92 Å². The van der Waals surface area contributed by atoms with E-state index in [1.54, 1.807) is 37.3 Å². The van der Waals surface area contributed by atoms with Crippen molar-refractivity contribution in [2.75, 3.05) is 0 Å². The van der Waals surface area contributed by atoms with Crippen molar-refractivity contribution in [3.05, 3.63) is 106 Å². The van der Waals surface area contributed by atoms with Crippen LogP contribution in [-0.2, 0) is 0 Å². The SMILES string of the molecule is Cc1c(-c2[nH]ncc2C(=O)O)c(=O)oc2c[c]c(-c3ncc(C(=O)O)cc3-c3nccnc3C(=O)O)c(-c3ccccc3)c12. The van der Waals surface area contributed by atoms with E-state index in [1.165, 1.54) is 24.5 Å². The molecule has 215 valence electrons. The van der Waals surface area contributed by atoms with Gasteiger partial charge in [-0.2, -0.15) is 5.10 Å². The maximum absolute atomic E-state index is 13.2. The summed E-state index contributed by atoms with van der Waals surface area (Å²) in [5.74, 6) is -3.99. The highest BCUT2D eigenvalue weighted by atomic mass is 16.4. The number of fused-ring (bicyclic) bond motifs is 1. The van der Waals surface area contributed by atoms with E-state index < -0.39 is 29.2 Å². The zero-order chi connectivity index (χ0) is 31.1. The van der Waals surface area contributed by atoms with Crippen molar-refractivity contribution in [3.63, 3.8) is 0 Å². The van der Waals surface area contributed by atoms with Crippen LogP contribution >= 0.6 is 0 Å². The summed E-state index contributed by atoms with van der Waals surface area (Å²) < 4.78 is 5.68. The minimum absolute atomic E-state index is 0.0469. The van der Waals surface area contributed by atoms with Gasteiger partial charge in [-0.1, -0.05) is 30.3 Å². The van der Waals surface area contributed by atoms with E-state index in [0.717, 1.165) is 12.4 Å². The van der Waals surface area contributed by atoms with Crippen molar-refractivity contribution < 1.29 is 34.1 Å². The van der Waals surface area contributed by atoms with Crippen LogP contribution in [0.4, 0.5) is 0 Å². The smallest absolute Gasteiger partial charge is 0.356 e. The molecule has 0 unspecified atom stereocenters. The highest BCUT2D eigenvalue weighted by molar-refractivity contribution is 6.08. The number of aromatic amines is 1. The van der Waals surface area contributed by atoms with Gasteiger partial charge < -0.3 is 19.7 Å². The van der Waals surface area contributed by atoms with Crippen LogP contribution in [0.2, 0.25) is 0 Å². The average molecular weight is 589 g/mol. The zero-order valence-corrected chi connectivity index (χ0v) is 22.5. The van der Waals surface area contributed by atoms with Gasteiger partial charge in [0.2, 0.25) is 0 Å². The summed E-state index contributed by atoms with van der Waals surface area (Å²) in [5, 5.41) is 36.1. The number of hydrogen-bond acceptors (Lipinski definition) is 9. The van der Waals surface area contributed by atoms with E-state index in [-0.39, 0.29) is 44.9 Å². The molecule has 44 heavy (non-hydrogen) atoms. The van der Waals surface area contributed by atoms with E-state index in [2.05, 4.69) is 31.2 Å². The Morgan fingerprint density at radius 2 is 1.64 bits per heavy atom. The van der Waals surface area contributed by atoms with E-state index >= 15 is 0 Å². The monoisotopic (exact) mass is 588 g/mol. The van der Waals surface area contributed by atoms with E-state index in [9.17, 15) is 34.5 Å². The third-order valence-corrected chi connectivity index (χ3v) is 6.96. The second-order valence-corrected chi connectivity index (χ2v) is 9.48. The molecule has 4 heterocycles. The first kappa shape index (κ1) is 27.7. The Kier molecular flexibility index (Phi) is 6.74. The molecule has 13 heteroatoms. The Hall–Kier alpha value is -6.50. The molecule has 1 radical (unpaired) electrons. The maximum atomic E-state index is 13.2. The minimum atomic E-state index is -1.39. The molecule has 4 N–H and O–H groups in total. The predicted octanol–water partition coefficient (Wildman–Crippen LogP) is 4.57. The number of rotatable bonds is 7. The lowest BCUT2D eigenvalue weighted by molar-refractivity contribution is 0.0682. The topological polar surface area (TPSA) is 209 Å². The second-order valence-electron chi connectivity index (χ2n) is 9.48. The van der Waals surface area contributed by atoms with Crippen LogP contribution in [0, 0.1) is 13.0 Å². The molecule has 0 amide bonds. The van der Waals surface area contributed by atoms with Crippen LogP contribution in [0.1, 0.15) is 36.8 Å². The van der Waals surface area contributed by atoms with Gasteiger partial charge in [-0.05, 0) is 36.2 Å². The molecular weight excluding hydrogens is 570 g/mol. The number of hydrogen-bond donors (Lipinski definition) is 4. The number of nitrogens with zero attached hydrogens (tertiary/aromatic N) is 4.